The molecule has 1 fully saturated rings. The van der Waals surface area contributed by atoms with Crippen molar-refractivity contribution in [2.24, 2.45) is 0 Å². The summed E-state index contributed by atoms with van der Waals surface area (Å²) < 4.78 is 53.6. The van der Waals surface area contributed by atoms with Gasteiger partial charge in [-0.2, -0.15) is 4.31 Å². The Morgan fingerprint density at radius 3 is 1.91 bits per heavy atom. The Bertz CT molecular complexity index is 1200. The molecule has 172 valence electrons. The fourth-order valence-corrected chi connectivity index (χ4v) is 5.29. The van der Waals surface area contributed by atoms with E-state index in [-0.39, 0.29) is 23.9 Å². The van der Waals surface area contributed by atoms with Crippen molar-refractivity contribution >= 4 is 21.6 Å². The average Bonchev–Trinajstić information content (AvgIpc) is 2.82. The van der Waals surface area contributed by atoms with Crippen LogP contribution in [0, 0.1) is 11.6 Å². The minimum Gasteiger partial charge on any atom is -0.324 e. The van der Waals surface area contributed by atoms with Crippen molar-refractivity contribution in [2.45, 2.75) is 10.9 Å². The van der Waals surface area contributed by atoms with Gasteiger partial charge in [-0.05, 0) is 54.1 Å². The summed E-state index contributed by atoms with van der Waals surface area (Å²) in [5.74, 6) is -1.19. The van der Waals surface area contributed by atoms with Crippen LogP contribution < -0.4 is 5.32 Å². The lowest BCUT2D eigenvalue weighted by Crippen LogP contribution is -2.51. The highest BCUT2D eigenvalue weighted by Gasteiger charge is 2.34. The molecule has 9 heteroatoms. The Morgan fingerprint density at radius 2 is 1.33 bits per heavy atom. The molecule has 0 unspecified atom stereocenters. The first kappa shape index (κ1) is 23.0. The van der Waals surface area contributed by atoms with E-state index in [1.54, 1.807) is 0 Å². The fraction of sp³-hybridized carbons (Fsp3) is 0.208. The van der Waals surface area contributed by atoms with Crippen molar-refractivity contribution in [3.8, 4) is 0 Å². The summed E-state index contributed by atoms with van der Waals surface area (Å²) in [6, 6.07) is 18.8. The number of sulfonamides is 1. The lowest BCUT2D eigenvalue weighted by molar-refractivity contribution is -0.122. The number of carbonyl (C=O) groups is 1. The molecule has 1 N–H and O–H groups in total. The molecule has 0 bridgehead atoms. The molecule has 1 saturated heterocycles. The Labute approximate surface area is 191 Å². The molecule has 1 aliphatic heterocycles. The summed E-state index contributed by atoms with van der Waals surface area (Å²) in [6.07, 6.45) is 0. The van der Waals surface area contributed by atoms with Crippen LogP contribution in [0.3, 0.4) is 0 Å². The van der Waals surface area contributed by atoms with Gasteiger partial charge in [0.15, 0.2) is 0 Å². The number of benzene rings is 3. The van der Waals surface area contributed by atoms with Crippen LogP contribution in [0.2, 0.25) is 0 Å². The Balaban J connectivity index is 1.51. The Morgan fingerprint density at radius 1 is 0.788 bits per heavy atom. The molecule has 6 nitrogen and oxygen atoms in total. The van der Waals surface area contributed by atoms with Gasteiger partial charge in [-0.3, -0.25) is 9.69 Å². The number of carbonyl (C=O) groups excluding carboxylic acids is 1. The normalized spacial score (nSPS) is 16.3. The summed E-state index contributed by atoms with van der Waals surface area (Å²) in [4.78, 5) is 15.2. The van der Waals surface area contributed by atoms with Crippen LogP contribution in [-0.2, 0) is 14.8 Å². The predicted molar refractivity (Wildman–Crippen MR) is 121 cm³/mol. The van der Waals surface area contributed by atoms with Gasteiger partial charge in [0.25, 0.3) is 0 Å². The van der Waals surface area contributed by atoms with Gasteiger partial charge < -0.3 is 5.32 Å². The number of hydrogen-bond acceptors (Lipinski definition) is 4. The van der Waals surface area contributed by atoms with Gasteiger partial charge in [0.2, 0.25) is 15.9 Å². The first-order chi connectivity index (χ1) is 15.8. The maximum Gasteiger partial charge on any atom is 0.246 e. The highest BCUT2D eigenvalue weighted by atomic mass is 32.2. The molecule has 0 radical (unpaired) electrons. The molecule has 0 spiro atoms. The van der Waals surface area contributed by atoms with E-state index < -0.39 is 27.7 Å². The lowest BCUT2D eigenvalue weighted by atomic mass is 10.0. The van der Waals surface area contributed by atoms with Crippen molar-refractivity contribution in [1.29, 1.82) is 0 Å². The van der Waals surface area contributed by atoms with Gasteiger partial charge in [0, 0.05) is 31.9 Å². The first-order valence-electron chi connectivity index (χ1n) is 10.5. The van der Waals surface area contributed by atoms with Crippen molar-refractivity contribution < 1.29 is 22.0 Å². The van der Waals surface area contributed by atoms with E-state index in [2.05, 4.69) is 5.32 Å². The van der Waals surface area contributed by atoms with E-state index in [1.807, 2.05) is 35.2 Å². The summed E-state index contributed by atoms with van der Waals surface area (Å²) in [7, 11) is -3.76. The smallest absolute Gasteiger partial charge is 0.246 e. The van der Waals surface area contributed by atoms with E-state index in [1.165, 1.54) is 40.7 Å². The molecule has 1 amide bonds. The average molecular weight is 472 g/mol. The molecule has 4 rings (SSSR count). The Hall–Kier alpha value is -3.14. The largest absolute Gasteiger partial charge is 0.324 e. The molecule has 0 aliphatic carbocycles. The zero-order chi connectivity index (χ0) is 23.4. The fourth-order valence-electron chi connectivity index (χ4n) is 3.86. The lowest BCUT2D eigenvalue weighted by Gasteiger charge is -2.38. The standard InChI is InChI=1S/C24H23F2N3O3S/c25-19-6-10-21(11-7-19)27-24(30)23(18-4-2-1-3-5-18)28-14-16-29(17-15-28)33(31,32)22-12-8-20(26)9-13-22/h1-13,23H,14-17H2,(H,27,30)/t23-/m0/s1. The Kier molecular flexibility index (Phi) is 6.83. The van der Waals surface area contributed by atoms with E-state index in [4.69, 9.17) is 0 Å². The maximum atomic E-state index is 13.2. The van der Waals surface area contributed by atoms with Crippen LogP contribution in [-0.4, -0.2) is 49.7 Å². The second-order valence-electron chi connectivity index (χ2n) is 7.70. The zero-order valence-electron chi connectivity index (χ0n) is 17.7. The number of halogens is 2. The van der Waals surface area contributed by atoms with Crippen molar-refractivity contribution in [3.63, 3.8) is 0 Å². The van der Waals surface area contributed by atoms with Gasteiger partial charge in [0.05, 0.1) is 4.90 Å². The molecular formula is C24H23F2N3O3S. The molecule has 3 aromatic rings. The van der Waals surface area contributed by atoms with E-state index >= 15 is 0 Å². The zero-order valence-corrected chi connectivity index (χ0v) is 18.5. The topological polar surface area (TPSA) is 69.7 Å². The molecular weight excluding hydrogens is 448 g/mol. The molecule has 1 heterocycles. The highest BCUT2D eigenvalue weighted by Crippen LogP contribution is 2.26. The maximum absolute atomic E-state index is 13.2. The molecule has 0 saturated carbocycles. The first-order valence-corrected chi connectivity index (χ1v) is 11.9. The van der Waals surface area contributed by atoms with E-state index in [0.29, 0.717) is 18.8 Å². The van der Waals surface area contributed by atoms with Gasteiger partial charge in [-0.1, -0.05) is 30.3 Å². The van der Waals surface area contributed by atoms with E-state index in [9.17, 15) is 22.0 Å². The summed E-state index contributed by atoms with van der Waals surface area (Å²) >= 11 is 0. The number of amides is 1. The highest BCUT2D eigenvalue weighted by molar-refractivity contribution is 7.89. The van der Waals surface area contributed by atoms with Crippen LogP contribution in [0.25, 0.3) is 0 Å². The second kappa shape index (κ2) is 9.78. The van der Waals surface area contributed by atoms with Crippen molar-refractivity contribution in [3.05, 3.63) is 96.1 Å². The summed E-state index contributed by atoms with van der Waals surface area (Å²) in [5.41, 5.74) is 1.24. The summed E-state index contributed by atoms with van der Waals surface area (Å²) in [5, 5.41) is 2.82. The molecule has 1 aliphatic rings. The van der Waals surface area contributed by atoms with Gasteiger partial charge in [-0.15, -0.1) is 0 Å². The molecule has 1 atom stereocenters. The molecule has 33 heavy (non-hydrogen) atoms. The number of rotatable bonds is 6. The number of nitrogens with zero attached hydrogens (tertiary/aromatic N) is 2. The predicted octanol–water partition coefficient (Wildman–Crippen LogP) is 3.65. The quantitative estimate of drug-likeness (QED) is 0.596. The third-order valence-corrected chi connectivity index (χ3v) is 7.48. The van der Waals surface area contributed by atoms with Crippen molar-refractivity contribution in [1.82, 2.24) is 9.21 Å². The SMILES string of the molecule is O=C(Nc1ccc(F)cc1)[C@H](c1ccccc1)N1CCN(S(=O)(=O)c2ccc(F)cc2)CC1. The van der Waals surface area contributed by atoms with Crippen LogP contribution in [0.5, 0.6) is 0 Å². The number of nitrogens with one attached hydrogen (secondary N) is 1. The number of hydrogen-bond donors (Lipinski definition) is 1. The van der Waals surface area contributed by atoms with Crippen LogP contribution in [0.1, 0.15) is 11.6 Å². The molecule has 0 aromatic heterocycles. The van der Waals surface area contributed by atoms with Crippen LogP contribution in [0.15, 0.2) is 83.8 Å². The monoisotopic (exact) mass is 471 g/mol. The van der Waals surface area contributed by atoms with Gasteiger partial charge in [0.1, 0.15) is 17.7 Å². The van der Waals surface area contributed by atoms with Gasteiger partial charge in [-0.25, -0.2) is 17.2 Å². The number of piperazine rings is 1. The molecule has 3 aromatic carbocycles. The third-order valence-electron chi connectivity index (χ3n) is 5.57. The van der Waals surface area contributed by atoms with E-state index in [0.717, 1.165) is 17.7 Å². The third kappa shape index (κ3) is 5.27. The van der Waals surface area contributed by atoms with Crippen molar-refractivity contribution in [2.75, 3.05) is 31.5 Å². The van der Waals surface area contributed by atoms with Gasteiger partial charge >= 0.3 is 0 Å². The minimum absolute atomic E-state index is 0.0333. The van der Waals surface area contributed by atoms with Crippen LogP contribution in [0.4, 0.5) is 14.5 Å². The minimum atomic E-state index is -3.76. The van der Waals surface area contributed by atoms with Crippen LogP contribution >= 0.6 is 0 Å². The summed E-state index contributed by atoms with van der Waals surface area (Å²) in [6.45, 7) is 1.04. The second-order valence-corrected chi connectivity index (χ2v) is 9.64. The number of anilines is 1.